The Morgan fingerprint density at radius 2 is 2.31 bits per heavy atom. The minimum absolute atomic E-state index is 0.416. The first-order chi connectivity index (χ1) is 7.75. The van der Waals surface area contributed by atoms with Crippen LogP contribution >= 0.6 is 0 Å². The van der Waals surface area contributed by atoms with Gasteiger partial charge in [-0.1, -0.05) is 20.3 Å². The fourth-order valence-electron chi connectivity index (χ4n) is 2.16. The number of aromatic nitrogens is 2. The second kappa shape index (κ2) is 5.39. The Kier molecular flexibility index (Phi) is 3.88. The van der Waals surface area contributed by atoms with Gasteiger partial charge in [-0.15, -0.1) is 0 Å². The number of nitrogens with one attached hydrogen (secondary N) is 1. The van der Waals surface area contributed by atoms with Crippen LogP contribution in [0.2, 0.25) is 0 Å². The normalized spacial score (nSPS) is 21.3. The Hall–Kier alpha value is -0.960. The van der Waals surface area contributed by atoms with Crippen molar-refractivity contribution < 1.29 is 0 Å². The zero-order valence-electron chi connectivity index (χ0n) is 10.2. The average Bonchev–Trinajstić information content (AvgIpc) is 2.30. The summed E-state index contributed by atoms with van der Waals surface area (Å²) >= 11 is 0. The van der Waals surface area contributed by atoms with Gasteiger partial charge in [-0.05, 0) is 25.5 Å². The molecule has 0 aliphatic carbocycles. The van der Waals surface area contributed by atoms with Gasteiger partial charge >= 0.3 is 0 Å². The van der Waals surface area contributed by atoms with Crippen molar-refractivity contribution in [2.24, 2.45) is 0 Å². The van der Waals surface area contributed by atoms with Gasteiger partial charge in [0.15, 0.2) is 0 Å². The van der Waals surface area contributed by atoms with Crippen LogP contribution in [0, 0.1) is 0 Å². The van der Waals surface area contributed by atoms with Crippen molar-refractivity contribution >= 4 is 0 Å². The molecule has 1 atom stereocenters. The van der Waals surface area contributed by atoms with Crippen molar-refractivity contribution in [2.75, 3.05) is 6.54 Å². The number of rotatable bonds is 3. The van der Waals surface area contributed by atoms with E-state index in [1.165, 1.54) is 25.0 Å². The van der Waals surface area contributed by atoms with Crippen molar-refractivity contribution in [1.82, 2.24) is 15.3 Å². The standard InChI is InChI=1S/C13H21N3/c1-10(2)13-15-8-6-12(16-13)9-11-5-3-4-7-14-11/h6,8,10-11,14H,3-5,7,9H2,1-2H3. The lowest BCUT2D eigenvalue weighted by atomic mass is 10.0. The first-order valence-corrected chi connectivity index (χ1v) is 6.31. The molecule has 1 aromatic rings. The summed E-state index contributed by atoms with van der Waals surface area (Å²) in [5.74, 6) is 1.38. The van der Waals surface area contributed by atoms with Crippen LogP contribution in [0.4, 0.5) is 0 Å². The number of hydrogen-bond donors (Lipinski definition) is 1. The van der Waals surface area contributed by atoms with Gasteiger partial charge in [0, 0.05) is 30.3 Å². The first kappa shape index (κ1) is 11.5. The van der Waals surface area contributed by atoms with Gasteiger partial charge in [0.1, 0.15) is 5.82 Å². The lowest BCUT2D eigenvalue weighted by Crippen LogP contribution is -2.35. The molecule has 0 bridgehead atoms. The zero-order valence-corrected chi connectivity index (χ0v) is 10.2. The molecule has 2 heterocycles. The lowest BCUT2D eigenvalue weighted by molar-refractivity contribution is 0.396. The van der Waals surface area contributed by atoms with Crippen LogP contribution in [0.1, 0.15) is 50.5 Å². The van der Waals surface area contributed by atoms with Gasteiger partial charge in [-0.2, -0.15) is 0 Å². The molecule has 0 aromatic carbocycles. The van der Waals surface area contributed by atoms with Crippen LogP contribution in [0.25, 0.3) is 0 Å². The Morgan fingerprint density at radius 1 is 1.44 bits per heavy atom. The molecule has 3 heteroatoms. The van der Waals surface area contributed by atoms with Crippen LogP contribution in [-0.2, 0) is 6.42 Å². The highest BCUT2D eigenvalue weighted by atomic mass is 14.9. The molecule has 2 rings (SSSR count). The van der Waals surface area contributed by atoms with E-state index in [-0.39, 0.29) is 0 Å². The molecule has 16 heavy (non-hydrogen) atoms. The molecule has 0 saturated carbocycles. The molecule has 0 radical (unpaired) electrons. The number of nitrogens with zero attached hydrogens (tertiary/aromatic N) is 2. The predicted octanol–water partition coefficient (Wildman–Crippen LogP) is 2.28. The molecule has 88 valence electrons. The summed E-state index contributed by atoms with van der Waals surface area (Å²) < 4.78 is 0. The second-order valence-corrected chi connectivity index (χ2v) is 4.91. The third-order valence-corrected chi connectivity index (χ3v) is 3.12. The van der Waals surface area contributed by atoms with E-state index in [1.807, 2.05) is 12.3 Å². The van der Waals surface area contributed by atoms with Gasteiger partial charge in [-0.3, -0.25) is 0 Å². The lowest BCUT2D eigenvalue weighted by Gasteiger charge is -2.23. The molecule has 1 saturated heterocycles. The SMILES string of the molecule is CC(C)c1nccc(CC2CCCCN2)n1. The van der Waals surface area contributed by atoms with E-state index >= 15 is 0 Å². The average molecular weight is 219 g/mol. The summed E-state index contributed by atoms with van der Waals surface area (Å²) in [7, 11) is 0. The third kappa shape index (κ3) is 3.01. The van der Waals surface area contributed by atoms with E-state index in [2.05, 4.69) is 29.1 Å². The topological polar surface area (TPSA) is 37.8 Å². The second-order valence-electron chi connectivity index (χ2n) is 4.91. The molecular weight excluding hydrogens is 198 g/mol. The molecule has 3 nitrogen and oxygen atoms in total. The maximum absolute atomic E-state index is 4.62. The van der Waals surface area contributed by atoms with E-state index < -0.39 is 0 Å². The zero-order chi connectivity index (χ0) is 11.4. The fourth-order valence-corrected chi connectivity index (χ4v) is 2.16. The van der Waals surface area contributed by atoms with E-state index in [0.717, 1.165) is 18.8 Å². The van der Waals surface area contributed by atoms with Crippen LogP contribution in [0.5, 0.6) is 0 Å². The highest BCUT2D eigenvalue weighted by molar-refractivity contribution is 5.06. The van der Waals surface area contributed by atoms with Gasteiger partial charge in [-0.25, -0.2) is 9.97 Å². The van der Waals surface area contributed by atoms with Gasteiger partial charge < -0.3 is 5.32 Å². The Balaban J connectivity index is 2.00. The van der Waals surface area contributed by atoms with Crippen LogP contribution in [0.15, 0.2) is 12.3 Å². The molecular formula is C13H21N3. The summed E-state index contributed by atoms with van der Waals surface area (Å²) in [4.78, 5) is 8.92. The third-order valence-electron chi connectivity index (χ3n) is 3.12. The minimum Gasteiger partial charge on any atom is -0.314 e. The maximum atomic E-state index is 4.62. The summed E-state index contributed by atoms with van der Waals surface area (Å²) in [6.45, 7) is 5.43. The summed E-state index contributed by atoms with van der Waals surface area (Å²) in [6, 6.07) is 2.66. The van der Waals surface area contributed by atoms with Gasteiger partial charge in [0.05, 0.1) is 0 Å². The molecule has 1 aliphatic rings. The van der Waals surface area contributed by atoms with Crippen molar-refractivity contribution in [3.8, 4) is 0 Å². The Labute approximate surface area is 97.7 Å². The van der Waals surface area contributed by atoms with Crippen molar-refractivity contribution in [3.05, 3.63) is 23.8 Å². The minimum atomic E-state index is 0.416. The van der Waals surface area contributed by atoms with E-state index in [1.54, 1.807) is 0 Å². The highest BCUT2D eigenvalue weighted by Crippen LogP contribution is 2.13. The van der Waals surface area contributed by atoms with E-state index in [9.17, 15) is 0 Å². The van der Waals surface area contributed by atoms with E-state index in [0.29, 0.717) is 12.0 Å². The van der Waals surface area contributed by atoms with Crippen LogP contribution in [-0.4, -0.2) is 22.6 Å². The molecule has 1 aliphatic heterocycles. The maximum Gasteiger partial charge on any atom is 0.131 e. The first-order valence-electron chi connectivity index (χ1n) is 6.31. The fraction of sp³-hybridized carbons (Fsp3) is 0.692. The summed E-state index contributed by atoms with van der Waals surface area (Å²) in [6.07, 6.45) is 6.88. The smallest absolute Gasteiger partial charge is 0.131 e. The largest absolute Gasteiger partial charge is 0.314 e. The highest BCUT2D eigenvalue weighted by Gasteiger charge is 2.14. The molecule has 1 N–H and O–H groups in total. The van der Waals surface area contributed by atoms with Crippen molar-refractivity contribution in [2.45, 2.75) is 51.5 Å². The molecule has 1 aromatic heterocycles. The van der Waals surface area contributed by atoms with Crippen LogP contribution < -0.4 is 5.32 Å². The summed E-state index contributed by atoms with van der Waals surface area (Å²) in [5.41, 5.74) is 1.18. The molecule has 0 amide bonds. The van der Waals surface area contributed by atoms with Crippen LogP contribution in [0.3, 0.4) is 0 Å². The van der Waals surface area contributed by atoms with Gasteiger partial charge in [0.25, 0.3) is 0 Å². The Bertz CT molecular complexity index is 330. The quantitative estimate of drug-likeness (QED) is 0.847. The molecule has 0 spiro atoms. The van der Waals surface area contributed by atoms with Crippen molar-refractivity contribution in [3.63, 3.8) is 0 Å². The number of piperidine rings is 1. The summed E-state index contributed by atoms with van der Waals surface area (Å²) in [5, 5.41) is 3.56. The van der Waals surface area contributed by atoms with Gasteiger partial charge in [0.2, 0.25) is 0 Å². The predicted molar refractivity (Wildman–Crippen MR) is 65.5 cm³/mol. The number of hydrogen-bond acceptors (Lipinski definition) is 3. The van der Waals surface area contributed by atoms with Crippen molar-refractivity contribution in [1.29, 1.82) is 0 Å². The van der Waals surface area contributed by atoms with E-state index in [4.69, 9.17) is 0 Å². The molecule has 1 fully saturated rings. The monoisotopic (exact) mass is 219 g/mol. The molecule has 1 unspecified atom stereocenters. The Morgan fingerprint density at radius 3 is 3.00 bits per heavy atom.